The average Bonchev–Trinajstić information content (AvgIpc) is 3.15. The number of hydrogen-bond acceptors (Lipinski definition) is 6. The number of allylic oxidation sites excluding steroid dienone is 1. The highest BCUT2D eigenvalue weighted by Gasteiger charge is 2.41. The molecule has 3 rings (SSSR count). The van der Waals surface area contributed by atoms with Crippen LogP contribution in [-0.4, -0.2) is 58.8 Å². The van der Waals surface area contributed by atoms with Crippen LogP contribution in [0.2, 0.25) is 5.02 Å². The average molecular weight is 527 g/mol. The van der Waals surface area contributed by atoms with Crippen LogP contribution in [0, 0.1) is 5.92 Å². The fourth-order valence-corrected chi connectivity index (χ4v) is 5.72. The van der Waals surface area contributed by atoms with E-state index in [-0.39, 0.29) is 24.5 Å². The molecule has 1 unspecified atom stereocenters. The van der Waals surface area contributed by atoms with Crippen molar-refractivity contribution in [1.29, 1.82) is 0 Å². The van der Waals surface area contributed by atoms with Crippen molar-refractivity contribution in [3.05, 3.63) is 34.9 Å². The van der Waals surface area contributed by atoms with Crippen molar-refractivity contribution < 1.29 is 23.6 Å². The van der Waals surface area contributed by atoms with E-state index in [9.17, 15) is 9.35 Å². The lowest BCUT2D eigenvalue weighted by Crippen LogP contribution is -2.48. The Hall–Kier alpha value is -1.29. The number of amides is 1. The van der Waals surface area contributed by atoms with Gasteiger partial charge in [0.2, 0.25) is 0 Å². The third kappa shape index (κ3) is 6.73. The molecule has 7 nitrogen and oxygen atoms in total. The van der Waals surface area contributed by atoms with Gasteiger partial charge in [0.05, 0.1) is 19.8 Å². The van der Waals surface area contributed by atoms with Crippen LogP contribution in [0.3, 0.4) is 0 Å². The van der Waals surface area contributed by atoms with E-state index in [1.165, 1.54) is 0 Å². The summed E-state index contributed by atoms with van der Waals surface area (Å²) in [6, 6.07) is 3.53. The minimum Gasteiger partial charge on any atom is -0.598 e. The molecule has 2 aliphatic heterocycles. The second-order valence-corrected chi connectivity index (χ2v) is 13.2. The van der Waals surface area contributed by atoms with Gasteiger partial charge >= 0.3 is 0 Å². The summed E-state index contributed by atoms with van der Waals surface area (Å²) in [4.78, 5) is 14.8. The van der Waals surface area contributed by atoms with Gasteiger partial charge in [0.15, 0.2) is 11.9 Å². The molecular weight excluding hydrogens is 488 g/mol. The minimum atomic E-state index is -1.31. The Morgan fingerprint density at radius 1 is 1.34 bits per heavy atom. The SMILES string of the molecule is C=C(C)c1cc(OC)c(C(N[S@@+]([O-])C(C)(C)C)C2CCN(C(=O)[C@H]3COC(C)(C)O3)CC2)cc1Cl. The predicted octanol–water partition coefficient (Wildman–Crippen LogP) is 4.86. The van der Waals surface area contributed by atoms with Crippen LogP contribution in [-0.2, 0) is 25.6 Å². The summed E-state index contributed by atoms with van der Waals surface area (Å²) >= 11 is 5.31. The second kappa shape index (κ2) is 11.0. The quantitative estimate of drug-likeness (QED) is 0.511. The van der Waals surface area contributed by atoms with Crippen LogP contribution in [0.1, 0.15) is 71.6 Å². The third-order valence-electron chi connectivity index (χ3n) is 6.51. The highest BCUT2D eigenvalue weighted by atomic mass is 35.5. The molecule has 3 atom stereocenters. The van der Waals surface area contributed by atoms with Gasteiger partial charge in [-0.1, -0.05) is 18.2 Å². The lowest BCUT2D eigenvalue weighted by molar-refractivity contribution is -0.161. The maximum absolute atomic E-state index is 13.2. The van der Waals surface area contributed by atoms with Gasteiger partial charge in [-0.15, -0.1) is 4.72 Å². The number of carbonyl (C=O) groups excluding carboxylic acids is 1. The van der Waals surface area contributed by atoms with Crippen LogP contribution in [0.25, 0.3) is 5.57 Å². The van der Waals surface area contributed by atoms with Crippen molar-refractivity contribution >= 4 is 34.4 Å². The summed E-state index contributed by atoms with van der Waals surface area (Å²) in [6.07, 6.45) is 0.910. The predicted molar refractivity (Wildman–Crippen MR) is 141 cm³/mol. The molecule has 0 spiro atoms. The van der Waals surface area contributed by atoms with Gasteiger partial charge in [-0.2, -0.15) is 0 Å². The fourth-order valence-electron chi connectivity index (χ4n) is 4.49. The number of methoxy groups -OCH3 is 1. The first kappa shape index (κ1) is 28.3. The summed E-state index contributed by atoms with van der Waals surface area (Å²) in [6.45, 7) is 16.8. The van der Waals surface area contributed by atoms with E-state index >= 15 is 0 Å². The van der Waals surface area contributed by atoms with Gasteiger partial charge in [-0.25, -0.2) is 0 Å². The molecule has 0 bridgehead atoms. The van der Waals surface area contributed by atoms with Gasteiger partial charge in [0, 0.05) is 35.0 Å². The molecule has 9 heteroatoms. The molecule has 1 aromatic rings. The molecule has 1 amide bonds. The van der Waals surface area contributed by atoms with Crippen LogP contribution < -0.4 is 9.46 Å². The Morgan fingerprint density at radius 3 is 2.46 bits per heavy atom. The number of rotatable bonds is 7. The zero-order chi connectivity index (χ0) is 26.1. The van der Waals surface area contributed by atoms with Gasteiger partial charge < -0.3 is 23.7 Å². The van der Waals surface area contributed by atoms with Gasteiger partial charge in [-0.05, 0) is 83.6 Å². The number of nitrogens with zero attached hydrogens (tertiary/aromatic N) is 1. The summed E-state index contributed by atoms with van der Waals surface area (Å²) in [5.74, 6) is 0.0238. The van der Waals surface area contributed by atoms with Gasteiger partial charge in [-0.3, -0.25) is 4.79 Å². The van der Waals surface area contributed by atoms with Crippen LogP contribution in [0.15, 0.2) is 18.7 Å². The molecule has 2 fully saturated rings. The summed E-state index contributed by atoms with van der Waals surface area (Å²) in [5, 5.41) is 0.579. The van der Waals surface area contributed by atoms with Crippen LogP contribution in [0.4, 0.5) is 0 Å². The third-order valence-corrected chi connectivity index (χ3v) is 8.40. The van der Waals surface area contributed by atoms with E-state index in [2.05, 4.69) is 11.3 Å². The van der Waals surface area contributed by atoms with Crippen molar-refractivity contribution in [1.82, 2.24) is 9.62 Å². The highest BCUT2D eigenvalue weighted by molar-refractivity contribution is 7.90. The second-order valence-electron chi connectivity index (χ2n) is 10.8. The lowest BCUT2D eigenvalue weighted by Gasteiger charge is -2.38. The standard InChI is InChI=1S/C26H39ClN2O5S/c1-16(2)18-14-21(32-8)19(13-20(18)27)23(28-35(31)25(3,4)5)17-9-11-29(12-10-17)24(30)22-15-33-26(6,7)34-22/h13-14,17,22-23,28H,1,9-12,15H2,2-8H3/t22-,23?,35+/m1/s1. The number of hydrogen-bond donors (Lipinski definition) is 1. The highest BCUT2D eigenvalue weighted by Crippen LogP contribution is 2.41. The van der Waals surface area contributed by atoms with E-state index < -0.39 is 28.0 Å². The van der Waals surface area contributed by atoms with E-state index in [0.717, 1.165) is 29.5 Å². The molecule has 0 saturated carbocycles. The summed E-state index contributed by atoms with van der Waals surface area (Å²) in [7, 11) is 1.62. The first-order valence-corrected chi connectivity index (χ1v) is 13.6. The zero-order valence-corrected chi connectivity index (χ0v) is 23.5. The first-order valence-electron chi connectivity index (χ1n) is 12.1. The molecule has 1 aromatic carbocycles. The van der Waals surface area contributed by atoms with Crippen molar-refractivity contribution in [2.45, 2.75) is 77.1 Å². The Labute approximate surface area is 217 Å². The Morgan fingerprint density at radius 2 is 1.97 bits per heavy atom. The summed E-state index contributed by atoms with van der Waals surface area (Å²) < 4.78 is 33.2. The first-order chi connectivity index (χ1) is 16.2. The topological polar surface area (TPSA) is 83.1 Å². The molecule has 196 valence electrons. The van der Waals surface area contributed by atoms with Gasteiger partial charge in [0.1, 0.15) is 10.5 Å². The van der Waals surface area contributed by atoms with Crippen LogP contribution in [0.5, 0.6) is 5.75 Å². The molecule has 35 heavy (non-hydrogen) atoms. The molecule has 2 aliphatic rings. The molecule has 0 aromatic heterocycles. The lowest BCUT2D eigenvalue weighted by atomic mass is 9.85. The molecule has 2 heterocycles. The number of piperidine rings is 1. The number of nitrogens with one attached hydrogen (secondary N) is 1. The number of ether oxygens (including phenoxy) is 3. The number of halogens is 1. The summed E-state index contributed by atoms with van der Waals surface area (Å²) in [5.41, 5.74) is 2.53. The Balaban J connectivity index is 1.83. The number of likely N-dealkylation sites (tertiary alicyclic amines) is 1. The van der Waals surface area contributed by atoms with E-state index in [1.807, 2.05) is 58.6 Å². The largest absolute Gasteiger partial charge is 0.598 e. The van der Waals surface area contributed by atoms with Crippen molar-refractivity contribution in [3.63, 3.8) is 0 Å². The molecule has 0 radical (unpaired) electrons. The molecule has 1 N–H and O–H groups in total. The minimum absolute atomic E-state index is 0.0387. The number of carbonyl (C=O) groups is 1. The van der Waals surface area contributed by atoms with Crippen molar-refractivity contribution in [3.8, 4) is 5.75 Å². The zero-order valence-electron chi connectivity index (χ0n) is 21.9. The maximum Gasteiger partial charge on any atom is 0.254 e. The van der Waals surface area contributed by atoms with E-state index in [1.54, 1.807) is 7.11 Å². The monoisotopic (exact) mass is 526 g/mol. The molecule has 2 saturated heterocycles. The van der Waals surface area contributed by atoms with Crippen LogP contribution >= 0.6 is 11.6 Å². The van der Waals surface area contributed by atoms with E-state index in [4.69, 9.17) is 25.8 Å². The van der Waals surface area contributed by atoms with Crippen molar-refractivity contribution in [2.75, 3.05) is 26.8 Å². The maximum atomic E-state index is 13.2. The van der Waals surface area contributed by atoms with Gasteiger partial charge in [0.25, 0.3) is 5.91 Å². The van der Waals surface area contributed by atoms with E-state index in [0.29, 0.717) is 23.9 Å². The Kier molecular flexibility index (Phi) is 8.88. The molecular formula is C26H39ClN2O5S. The van der Waals surface area contributed by atoms with Crippen molar-refractivity contribution in [2.24, 2.45) is 5.92 Å². The Bertz CT molecular complexity index is 940. The molecule has 0 aliphatic carbocycles. The smallest absolute Gasteiger partial charge is 0.254 e. The number of benzene rings is 1. The fraction of sp³-hybridized carbons (Fsp3) is 0.654. The normalized spacial score (nSPS) is 22.7.